The van der Waals surface area contributed by atoms with Crippen LogP contribution < -0.4 is 5.73 Å². The molecule has 1 aromatic carbocycles. The lowest BCUT2D eigenvalue weighted by Crippen LogP contribution is -2.54. The number of benzene rings is 1. The van der Waals surface area contributed by atoms with Crippen molar-refractivity contribution in [2.75, 3.05) is 18.8 Å². The molecule has 2 N–H and O–H groups in total. The van der Waals surface area contributed by atoms with Crippen LogP contribution in [0.5, 0.6) is 0 Å². The summed E-state index contributed by atoms with van der Waals surface area (Å²) in [5.74, 6) is -0.0684. The van der Waals surface area contributed by atoms with Gasteiger partial charge in [0.2, 0.25) is 5.91 Å². The first-order chi connectivity index (χ1) is 9.73. The number of hydrogen-bond donors (Lipinski definition) is 1. The molecule has 1 fully saturated rings. The summed E-state index contributed by atoms with van der Waals surface area (Å²) < 4.78 is 23.0. The van der Waals surface area contributed by atoms with Crippen molar-refractivity contribution in [1.29, 1.82) is 0 Å². The third-order valence-electron chi connectivity index (χ3n) is 4.02. The molecule has 1 heterocycles. The van der Waals surface area contributed by atoms with Gasteiger partial charge in [-0.3, -0.25) is 4.79 Å². The van der Waals surface area contributed by atoms with Crippen molar-refractivity contribution in [2.24, 2.45) is 5.73 Å². The average Bonchev–Trinajstić information content (AvgIpc) is 2.42. The Morgan fingerprint density at radius 3 is 2.52 bits per heavy atom. The normalized spacial score (nSPS) is 21.8. The minimum Gasteiger partial charge on any atom is -0.340 e. The van der Waals surface area contributed by atoms with E-state index in [0.717, 1.165) is 5.56 Å². The molecule has 6 heteroatoms. The summed E-state index contributed by atoms with van der Waals surface area (Å²) in [6.07, 6.45) is 0.195. The molecule has 5 nitrogen and oxygen atoms in total. The molecule has 0 radical (unpaired) electrons. The van der Waals surface area contributed by atoms with Crippen molar-refractivity contribution in [1.82, 2.24) is 4.90 Å². The van der Waals surface area contributed by atoms with Gasteiger partial charge in [0.25, 0.3) is 0 Å². The summed E-state index contributed by atoms with van der Waals surface area (Å²) in [5, 5.41) is 0. The van der Waals surface area contributed by atoms with Crippen molar-refractivity contribution >= 4 is 15.7 Å². The summed E-state index contributed by atoms with van der Waals surface area (Å²) >= 11 is 0. The van der Waals surface area contributed by atoms with Crippen molar-refractivity contribution in [2.45, 2.75) is 31.1 Å². The van der Waals surface area contributed by atoms with Gasteiger partial charge >= 0.3 is 0 Å². The van der Waals surface area contributed by atoms with E-state index in [1.54, 1.807) is 18.7 Å². The average molecular weight is 310 g/mol. The Kier molecular flexibility index (Phi) is 4.39. The van der Waals surface area contributed by atoms with Crippen LogP contribution in [-0.2, 0) is 14.6 Å². The van der Waals surface area contributed by atoms with Crippen molar-refractivity contribution in [3.63, 3.8) is 0 Å². The number of hydrogen-bond acceptors (Lipinski definition) is 4. The second-order valence-electron chi connectivity index (χ2n) is 6.12. The predicted molar refractivity (Wildman–Crippen MR) is 82.4 cm³/mol. The lowest BCUT2D eigenvalue weighted by molar-refractivity contribution is -0.131. The number of nitrogens with two attached hydrogens (primary N) is 1. The molecule has 0 aromatic heterocycles. The van der Waals surface area contributed by atoms with Gasteiger partial charge in [-0.1, -0.05) is 30.3 Å². The molecule has 1 atom stereocenters. The summed E-state index contributed by atoms with van der Waals surface area (Å²) in [6.45, 7) is 3.82. The third-order valence-corrected chi connectivity index (χ3v) is 6.55. The van der Waals surface area contributed by atoms with Gasteiger partial charge in [-0.2, -0.15) is 0 Å². The molecule has 2 rings (SSSR count). The fourth-order valence-electron chi connectivity index (χ4n) is 2.49. The van der Waals surface area contributed by atoms with Gasteiger partial charge in [-0.15, -0.1) is 0 Å². The standard InChI is InChI=1S/C15H22N2O3S/c1-15(2)11-17(8-9-21(15,19)20)14(18)10-13(16)12-6-4-3-5-7-12/h3-7,13H,8-11,16H2,1-2H3. The van der Waals surface area contributed by atoms with Gasteiger partial charge in [0.15, 0.2) is 9.84 Å². The van der Waals surface area contributed by atoms with E-state index in [2.05, 4.69) is 0 Å². The Morgan fingerprint density at radius 2 is 1.95 bits per heavy atom. The maximum atomic E-state index is 12.3. The molecule has 21 heavy (non-hydrogen) atoms. The zero-order valence-corrected chi connectivity index (χ0v) is 13.3. The molecule has 0 aliphatic carbocycles. The van der Waals surface area contributed by atoms with Crippen LogP contribution in [0.1, 0.15) is 31.9 Å². The van der Waals surface area contributed by atoms with Crippen LogP contribution in [0, 0.1) is 0 Å². The number of rotatable bonds is 3. The van der Waals surface area contributed by atoms with E-state index in [-0.39, 0.29) is 37.2 Å². The van der Waals surface area contributed by atoms with Gasteiger partial charge < -0.3 is 10.6 Å². The minimum atomic E-state index is -3.13. The van der Waals surface area contributed by atoms with Crippen LogP contribution in [0.2, 0.25) is 0 Å². The number of sulfone groups is 1. The first kappa shape index (κ1) is 16.0. The Morgan fingerprint density at radius 1 is 1.33 bits per heavy atom. The first-order valence-electron chi connectivity index (χ1n) is 7.03. The molecule has 0 spiro atoms. The van der Waals surface area contributed by atoms with E-state index in [9.17, 15) is 13.2 Å². The number of carbonyl (C=O) groups is 1. The number of amides is 1. The molecule has 0 bridgehead atoms. The van der Waals surface area contributed by atoms with Crippen LogP contribution in [0.25, 0.3) is 0 Å². The highest BCUT2D eigenvalue weighted by Gasteiger charge is 2.41. The number of carbonyl (C=O) groups excluding carboxylic acids is 1. The molecule has 116 valence electrons. The van der Waals surface area contributed by atoms with Crippen LogP contribution in [-0.4, -0.2) is 42.8 Å². The molecule has 1 saturated heterocycles. The molecule has 1 aromatic rings. The van der Waals surface area contributed by atoms with E-state index < -0.39 is 14.6 Å². The SMILES string of the molecule is CC1(C)CN(C(=O)CC(N)c2ccccc2)CCS1(=O)=O. The summed E-state index contributed by atoms with van der Waals surface area (Å²) in [7, 11) is -3.13. The molecular weight excluding hydrogens is 288 g/mol. The summed E-state index contributed by atoms with van der Waals surface area (Å²) in [6, 6.07) is 9.09. The smallest absolute Gasteiger partial charge is 0.224 e. The van der Waals surface area contributed by atoms with E-state index >= 15 is 0 Å². The predicted octanol–water partition coefficient (Wildman–Crippen LogP) is 1.11. The van der Waals surface area contributed by atoms with E-state index in [0.29, 0.717) is 0 Å². The highest BCUT2D eigenvalue weighted by Crippen LogP contribution is 2.25. The van der Waals surface area contributed by atoms with Gasteiger partial charge in [-0.25, -0.2) is 8.42 Å². The molecule has 1 amide bonds. The highest BCUT2D eigenvalue weighted by molar-refractivity contribution is 7.92. The monoisotopic (exact) mass is 310 g/mol. The Balaban J connectivity index is 2.02. The molecular formula is C15H22N2O3S. The van der Waals surface area contributed by atoms with E-state index in [1.807, 2.05) is 30.3 Å². The summed E-state index contributed by atoms with van der Waals surface area (Å²) in [4.78, 5) is 13.9. The second-order valence-corrected chi connectivity index (χ2v) is 8.86. The van der Waals surface area contributed by atoms with Crippen molar-refractivity contribution in [3.8, 4) is 0 Å². The van der Waals surface area contributed by atoms with Crippen molar-refractivity contribution in [3.05, 3.63) is 35.9 Å². The molecule has 1 aliphatic rings. The Hall–Kier alpha value is -1.40. The number of nitrogens with zero attached hydrogens (tertiary/aromatic N) is 1. The minimum absolute atomic E-state index is 0.0202. The molecule has 0 saturated carbocycles. The lowest BCUT2D eigenvalue weighted by Gasteiger charge is -2.38. The van der Waals surface area contributed by atoms with Gasteiger partial charge in [-0.05, 0) is 19.4 Å². The maximum Gasteiger partial charge on any atom is 0.224 e. The van der Waals surface area contributed by atoms with Crippen LogP contribution in [0.15, 0.2) is 30.3 Å². The largest absolute Gasteiger partial charge is 0.340 e. The lowest BCUT2D eigenvalue weighted by atomic mass is 10.0. The quantitative estimate of drug-likeness (QED) is 0.907. The third kappa shape index (κ3) is 3.44. The topological polar surface area (TPSA) is 80.5 Å². The van der Waals surface area contributed by atoms with E-state index in [4.69, 9.17) is 5.73 Å². The molecule has 1 unspecified atom stereocenters. The molecule has 1 aliphatic heterocycles. The Bertz CT molecular complexity index is 611. The van der Waals surface area contributed by atoms with Gasteiger partial charge in [0, 0.05) is 25.6 Å². The second kappa shape index (κ2) is 5.77. The highest BCUT2D eigenvalue weighted by atomic mass is 32.2. The zero-order valence-electron chi connectivity index (χ0n) is 12.5. The fourth-order valence-corrected chi connectivity index (χ4v) is 3.86. The van der Waals surface area contributed by atoms with Gasteiger partial charge in [0.05, 0.1) is 10.5 Å². The van der Waals surface area contributed by atoms with Crippen LogP contribution >= 0.6 is 0 Å². The van der Waals surface area contributed by atoms with Crippen LogP contribution in [0.3, 0.4) is 0 Å². The van der Waals surface area contributed by atoms with Crippen LogP contribution in [0.4, 0.5) is 0 Å². The van der Waals surface area contributed by atoms with Gasteiger partial charge in [0.1, 0.15) is 0 Å². The first-order valence-corrected chi connectivity index (χ1v) is 8.69. The fraction of sp³-hybridized carbons (Fsp3) is 0.533. The maximum absolute atomic E-state index is 12.3. The Labute approximate surface area is 126 Å². The zero-order chi connectivity index (χ0) is 15.7. The van der Waals surface area contributed by atoms with E-state index in [1.165, 1.54) is 0 Å². The summed E-state index contributed by atoms with van der Waals surface area (Å²) in [5.41, 5.74) is 6.97. The van der Waals surface area contributed by atoms with Crippen molar-refractivity contribution < 1.29 is 13.2 Å².